The van der Waals surface area contributed by atoms with Gasteiger partial charge in [0.1, 0.15) is 10.8 Å². The first-order valence-electron chi connectivity index (χ1n) is 1.19. The number of nitriles is 2. The largest absolute Gasteiger partial charge is 0.184 e. The Balaban J connectivity index is 0. The van der Waals surface area contributed by atoms with Gasteiger partial charge in [-0.05, 0) is 0 Å². The van der Waals surface area contributed by atoms with Gasteiger partial charge >= 0.3 is 0 Å². The fourth-order valence-corrected chi connectivity index (χ4v) is 1.28. The average Bonchev–Trinajstić information content (AvgIpc) is 1.69. The Morgan fingerprint density at radius 2 is 1.38 bits per heavy atom. The predicted molar refractivity (Wildman–Crippen MR) is 34.0 cm³/mol. The number of rotatable bonds is 2. The zero-order chi connectivity index (χ0) is 5.54. The molecule has 0 N–H and O–H groups in total. The van der Waals surface area contributed by atoms with E-state index in [9.17, 15) is 0 Å². The van der Waals surface area contributed by atoms with E-state index in [0.29, 0.717) is 0 Å². The van der Waals surface area contributed by atoms with Crippen molar-refractivity contribution in [3.8, 4) is 10.8 Å². The van der Waals surface area contributed by atoms with E-state index in [4.69, 9.17) is 10.5 Å². The summed E-state index contributed by atoms with van der Waals surface area (Å²) in [5.74, 6) is 0. The number of hydrogen-bond donors (Lipinski definition) is 0. The third kappa shape index (κ3) is 9.91. The van der Waals surface area contributed by atoms with E-state index in [0.717, 1.165) is 31.4 Å². The molecule has 8 heavy (non-hydrogen) atoms. The molecule has 2 nitrogen and oxygen atoms in total. The van der Waals surface area contributed by atoms with Gasteiger partial charge in [0.2, 0.25) is 0 Å². The number of thiocyanates is 2. The Labute approximate surface area is 74.7 Å². The molecule has 6 heteroatoms. The molecule has 1 radical (unpaired) electrons. The van der Waals surface area contributed by atoms with Crippen molar-refractivity contribution >= 4 is 31.4 Å². The Kier molecular flexibility index (Phi) is 15.4. The summed E-state index contributed by atoms with van der Waals surface area (Å²) in [7, 11) is 3.16. The third-order valence-corrected chi connectivity index (χ3v) is 2.51. The molecule has 0 atom stereocenters. The van der Waals surface area contributed by atoms with Crippen LogP contribution in [0.5, 0.6) is 0 Å². The van der Waals surface area contributed by atoms with E-state index in [1.54, 1.807) is 0 Å². The van der Waals surface area contributed by atoms with Gasteiger partial charge < -0.3 is 0 Å². The van der Waals surface area contributed by atoms with Gasteiger partial charge in [-0.1, -0.05) is 0 Å². The predicted octanol–water partition coefficient (Wildman–Crippen LogP) is 1.98. The maximum Gasteiger partial charge on any atom is 0.145 e. The van der Waals surface area contributed by atoms with Crippen LogP contribution in [-0.4, -0.2) is 0 Å². The Hall–Kier alpha value is 0.770. The minimum absolute atomic E-state index is 0. The van der Waals surface area contributed by atoms with Crippen LogP contribution < -0.4 is 0 Å². The summed E-state index contributed by atoms with van der Waals surface area (Å²) >= 11 is 0. The van der Waals surface area contributed by atoms with Crippen LogP contribution in [0.3, 0.4) is 0 Å². The second-order valence-corrected chi connectivity index (χ2v) is 3.88. The van der Waals surface area contributed by atoms with Crippen molar-refractivity contribution in [2.45, 2.75) is 0 Å². The van der Waals surface area contributed by atoms with E-state index in [1.807, 2.05) is 10.8 Å². The minimum atomic E-state index is 0. The minimum Gasteiger partial charge on any atom is -0.184 e. The topological polar surface area (TPSA) is 47.6 Å². The second-order valence-electron chi connectivity index (χ2n) is 0.417. The summed E-state index contributed by atoms with van der Waals surface area (Å²) in [5, 5.41) is 19.3. The molecule has 0 unspecified atom stereocenters. The Bertz CT molecular complexity index is 99.4. The third-order valence-electron chi connectivity index (χ3n) is 0.143. The van der Waals surface area contributed by atoms with Crippen LogP contribution >= 0.6 is 31.4 Å². The monoisotopic (exact) mass is 345 g/mol. The number of hydrogen-bond acceptors (Lipinski definition) is 5. The summed E-state index contributed by atoms with van der Waals surface area (Å²) in [4.78, 5) is 0. The molecule has 0 bridgehead atoms. The number of nitrogens with zero attached hydrogens (tertiary/aromatic N) is 2. The van der Waals surface area contributed by atoms with Gasteiger partial charge in [-0.25, -0.2) is 0 Å². The molecule has 0 saturated carbocycles. The van der Waals surface area contributed by atoms with Crippen LogP contribution in [0.2, 0.25) is 0 Å². The standard InChI is InChI=1S/C2N2S3.Au/c3-1-5-7-6-2-4;. The van der Waals surface area contributed by atoms with Crippen LogP contribution in [0.25, 0.3) is 0 Å². The van der Waals surface area contributed by atoms with E-state index >= 15 is 0 Å². The second kappa shape index (κ2) is 10.7. The molecule has 0 aromatic rings. The van der Waals surface area contributed by atoms with Crippen LogP contribution in [0.15, 0.2) is 0 Å². The van der Waals surface area contributed by atoms with Crippen molar-refractivity contribution in [2.75, 3.05) is 0 Å². The molecule has 0 spiro atoms. The smallest absolute Gasteiger partial charge is 0.145 e. The van der Waals surface area contributed by atoms with Crippen molar-refractivity contribution in [2.24, 2.45) is 0 Å². The van der Waals surface area contributed by atoms with Gasteiger partial charge in [-0.15, -0.1) is 0 Å². The summed E-state index contributed by atoms with van der Waals surface area (Å²) in [6.07, 6.45) is 0. The zero-order valence-electron chi connectivity index (χ0n) is 3.42. The molecule has 0 aliphatic carbocycles. The first-order valence-corrected chi connectivity index (χ1v) is 4.67. The average molecular weight is 345 g/mol. The van der Waals surface area contributed by atoms with Crippen LogP contribution in [0, 0.1) is 21.3 Å². The van der Waals surface area contributed by atoms with E-state index in [2.05, 4.69) is 0 Å². The normalized spacial score (nSPS) is 5.75. The molecule has 0 heterocycles. The van der Waals surface area contributed by atoms with E-state index in [-0.39, 0.29) is 22.4 Å². The van der Waals surface area contributed by atoms with Gasteiger partial charge in [0.15, 0.2) is 0 Å². The summed E-state index contributed by atoms with van der Waals surface area (Å²) in [6.45, 7) is 0. The SMILES string of the molecule is N#CSSSC#N.[Au]. The van der Waals surface area contributed by atoms with Crippen molar-refractivity contribution in [3.05, 3.63) is 0 Å². The summed E-state index contributed by atoms with van der Waals surface area (Å²) < 4.78 is 0. The quantitative estimate of drug-likeness (QED) is 0.332. The van der Waals surface area contributed by atoms with E-state index in [1.165, 1.54) is 0 Å². The van der Waals surface area contributed by atoms with Crippen molar-refractivity contribution in [3.63, 3.8) is 0 Å². The zero-order valence-corrected chi connectivity index (χ0v) is 8.04. The van der Waals surface area contributed by atoms with E-state index < -0.39 is 0 Å². The molecule has 0 aliphatic rings. The molecule has 0 fully saturated rings. The molecule has 0 amide bonds. The van der Waals surface area contributed by atoms with Gasteiger partial charge in [-0.3, -0.25) is 0 Å². The molecule has 0 saturated heterocycles. The maximum absolute atomic E-state index is 7.86. The van der Waals surface area contributed by atoms with Crippen LogP contribution in [0.1, 0.15) is 0 Å². The van der Waals surface area contributed by atoms with Gasteiger partial charge in [0.05, 0.1) is 0 Å². The molecular weight excluding hydrogens is 345 g/mol. The fourth-order valence-electron chi connectivity index (χ4n) is 0.0474. The molecule has 0 aromatic carbocycles. The van der Waals surface area contributed by atoms with Crippen LogP contribution in [-0.2, 0) is 22.4 Å². The fraction of sp³-hybridized carbons (Fsp3) is 0. The van der Waals surface area contributed by atoms with Gasteiger partial charge in [0, 0.05) is 53.8 Å². The Morgan fingerprint density at radius 3 is 1.62 bits per heavy atom. The van der Waals surface area contributed by atoms with Crippen molar-refractivity contribution in [1.82, 2.24) is 0 Å². The van der Waals surface area contributed by atoms with Crippen molar-refractivity contribution in [1.29, 1.82) is 10.5 Å². The maximum atomic E-state index is 7.86. The van der Waals surface area contributed by atoms with Gasteiger partial charge in [0.25, 0.3) is 0 Å². The van der Waals surface area contributed by atoms with Gasteiger partial charge in [-0.2, -0.15) is 10.5 Å². The summed E-state index contributed by atoms with van der Waals surface area (Å²) in [6, 6.07) is 0. The summed E-state index contributed by atoms with van der Waals surface area (Å²) in [5.41, 5.74) is 0. The Morgan fingerprint density at radius 1 is 1.00 bits per heavy atom. The first-order chi connectivity index (χ1) is 3.41. The molecule has 47 valence electrons. The molecule has 0 aliphatic heterocycles. The molecule has 0 aromatic heterocycles. The molecular formula is C2AuN2S3. The molecule has 0 rings (SSSR count). The van der Waals surface area contributed by atoms with Crippen molar-refractivity contribution < 1.29 is 22.4 Å². The van der Waals surface area contributed by atoms with Crippen LogP contribution in [0.4, 0.5) is 0 Å². The first kappa shape index (κ1) is 11.6.